The van der Waals surface area contributed by atoms with Gasteiger partial charge in [0.15, 0.2) is 5.65 Å². The van der Waals surface area contributed by atoms with Crippen molar-refractivity contribution < 1.29 is 37.0 Å². The molecule has 5 rings (SSSR count). The Kier molecular flexibility index (Phi) is 8.37. The summed E-state index contributed by atoms with van der Waals surface area (Å²) in [4.78, 5) is 33.1. The number of anilines is 1. The van der Waals surface area contributed by atoms with Crippen LogP contribution in [0.15, 0.2) is 61.1 Å². The van der Waals surface area contributed by atoms with Crippen LogP contribution in [0, 0.1) is 11.8 Å². The van der Waals surface area contributed by atoms with E-state index in [2.05, 4.69) is 15.0 Å². The Hall–Kier alpha value is -2.73. The van der Waals surface area contributed by atoms with Gasteiger partial charge >= 0.3 is 15.6 Å². The van der Waals surface area contributed by atoms with Gasteiger partial charge < -0.3 is 19.3 Å². The number of rotatable bonds is 11. The molecule has 2 heterocycles. The van der Waals surface area contributed by atoms with Crippen LogP contribution in [0.5, 0.6) is 11.5 Å². The van der Waals surface area contributed by atoms with E-state index in [1.54, 1.807) is 35.2 Å². The summed E-state index contributed by atoms with van der Waals surface area (Å²) < 4.78 is 47.9. The van der Waals surface area contributed by atoms with Gasteiger partial charge in [-0.1, -0.05) is 35.3 Å². The van der Waals surface area contributed by atoms with Crippen LogP contribution in [-0.2, 0) is 18.2 Å². The van der Waals surface area contributed by atoms with E-state index < -0.39 is 21.6 Å². The van der Waals surface area contributed by atoms with Gasteiger partial charge in [0.05, 0.1) is 25.7 Å². The van der Waals surface area contributed by atoms with Gasteiger partial charge in [0.2, 0.25) is 5.95 Å². The number of aromatic nitrogens is 4. The van der Waals surface area contributed by atoms with Crippen molar-refractivity contribution in [2.75, 3.05) is 18.9 Å². The molecule has 2 aromatic heterocycles. The number of benzene rings is 2. The van der Waals surface area contributed by atoms with Crippen LogP contribution < -0.4 is 14.8 Å². The lowest BCUT2D eigenvalue weighted by Gasteiger charge is -2.45. The van der Waals surface area contributed by atoms with E-state index in [0.717, 1.165) is 0 Å². The zero-order chi connectivity index (χ0) is 28.5. The maximum Gasteiger partial charge on any atom is 0.527 e. The summed E-state index contributed by atoms with van der Waals surface area (Å²) in [6.45, 7) is -0.480. The van der Waals surface area contributed by atoms with Crippen LogP contribution in [-0.4, -0.2) is 42.5 Å². The Balaban J connectivity index is 1.31. The largest absolute Gasteiger partial charge is 0.527 e. The summed E-state index contributed by atoms with van der Waals surface area (Å²) in [5, 5.41) is 0.637. The van der Waals surface area contributed by atoms with Crippen LogP contribution in [0.3, 0.4) is 0 Å². The summed E-state index contributed by atoms with van der Waals surface area (Å²) in [7, 11) is -9.09. The Labute approximate surface area is 238 Å². The number of hydrogen-bond donors (Lipinski definition) is 3. The van der Waals surface area contributed by atoms with Crippen molar-refractivity contribution in [1.29, 1.82) is 0 Å². The highest BCUT2D eigenvalue weighted by molar-refractivity contribution is 7.48. The number of hydrogen-bond acceptors (Lipinski definition) is 10. The van der Waals surface area contributed by atoms with Gasteiger partial charge in [-0.15, -0.1) is 0 Å². The zero-order valence-corrected chi connectivity index (χ0v) is 23.8. The number of fused-ring (bicyclic) bond motifs is 1. The molecule has 0 aliphatic heterocycles. The van der Waals surface area contributed by atoms with Crippen LogP contribution in [0.2, 0.25) is 10.0 Å². The average Bonchev–Trinajstić information content (AvgIpc) is 3.25. The number of phosphoric ester groups is 2. The maximum absolute atomic E-state index is 12.7. The molecule has 1 aliphatic rings. The van der Waals surface area contributed by atoms with Crippen molar-refractivity contribution in [2.24, 2.45) is 11.8 Å². The second-order valence-corrected chi connectivity index (χ2v) is 12.6. The Morgan fingerprint density at radius 3 is 2.15 bits per heavy atom. The summed E-state index contributed by atoms with van der Waals surface area (Å²) >= 11 is 11.8. The summed E-state index contributed by atoms with van der Waals surface area (Å²) in [6, 6.07) is 11.6. The molecule has 0 saturated heterocycles. The quantitative estimate of drug-likeness (QED) is 0.183. The summed E-state index contributed by atoms with van der Waals surface area (Å²) in [6.07, 6.45) is 3.47. The summed E-state index contributed by atoms with van der Waals surface area (Å²) in [5.41, 5.74) is 6.72. The van der Waals surface area contributed by atoms with Crippen molar-refractivity contribution in [2.45, 2.75) is 12.5 Å². The highest BCUT2D eigenvalue weighted by Gasteiger charge is 2.45. The first-order chi connectivity index (χ1) is 19.0. The van der Waals surface area contributed by atoms with E-state index in [4.69, 9.17) is 47.0 Å². The van der Waals surface area contributed by atoms with Gasteiger partial charge in [-0.05, 0) is 48.7 Å². The molecule has 2 aromatic carbocycles. The molecule has 0 amide bonds. The minimum Gasteiger partial charge on any atom is -0.404 e. The molecule has 0 radical (unpaired) electrons. The SMILES string of the molecule is Nc1ncc2ncn([C@@H]3C[C@H](COP(=O)(O)Oc4cccc(Cl)c4)[C@@H]3COP(=O)(O)Oc3cccc(Cl)c3)c2n1. The number of phosphoric acid groups is 2. The lowest BCUT2D eigenvalue weighted by atomic mass is 9.70. The minimum atomic E-state index is -4.57. The molecular weight excluding hydrogens is 607 g/mol. The van der Waals surface area contributed by atoms with E-state index >= 15 is 0 Å². The Morgan fingerprint density at radius 2 is 1.55 bits per heavy atom. The first kappa shape index (κ1) is 28.8. The molecule has 40 heavy (non-hydrogen) atoms. The third kappa shape index (κ3) is 6.94. The monoisotopic (exact) mass is 629 g/mol. The maximum atomic E-state index is 12.7. The van der Waals surface area contributed by atoms with Crippen LogP contribution >= 0.6 is 38.8 Å². The lowest BCUT2D eigenvalue weighted by Crippen LogP contribution is -2.43. The topological polar surface area (TPSA) is 181 Å². The number of nitrogen functional groups attached to an aromatic ring is 1. The second kappa shape index (κ2) is 11.6. The second-order valence-electron chi connectivity index (χ2n) is 8.94. The van der Waals surface area contributed by atoms with E-state index in [0.29, 0.717) is 27.6 Å². The van der Waals surface area contributed by atoms with Crippen molar-refractivity contribution in [3.8, 4) is 11.5 Å². The first-order valence-electron chi connectivity index (χ1n) is 11.8. The molecule has 13 nitrogen and oxygen atoms in total. The van der Waals surface area contributed by atoms with E-state index in [-0.39, 0.29) is 42.6 Å². The third-order valence-electron chi connectivity index (χ3n) is 6.25. The third-order valence-corrected chi connectivity index (χ3v) is 8.56. The molecule has 2 unspecified atom stereocenters. The van der Waals surface area contributed by atoms with Crippen LogP contribution in [0.4, 0.5) is 5.95 Å². The van der Waals surface area contributed by atoms with Gasteiger partial charge in [0, 0.05) is 22.0 Å². The number of imidazole rings is 1. The molecule has 1 saturated carbocycles. The molecule has 0 spiro atoms. The van der Waals surface area contributed by atoms with Gasteiger partial charge in [-0.3, -0.25) is 18.8 Å². The fourth-order valence-corrected chi connectivity index (χ4v) is 6.32. The molecule has 1 fully saturated rings. The zero-order valence-electron chi connectivity index (χ0n) is 20.5. The van der Waals surface area contributed by atoms with Crippen molar-refractivity contribution in [1.82, 2.24) is 19.5 Å². The number of halogens is 2. The molecule has 5 atom stereocenters. The van der Waals surface area contributed by atoms with Gasteiger partial charge in [-0.25, -0.2) is 19.1 Å². The van der Waals surface area contributed by atoms with Crippen molar-refractivity contribution in [3.05, 3.63) is 71.1 Å². The fraction of sp³-hybridized carbons (Fsp3) is 0.261. The predicted octanol–water partition coefficient (Wildman–Crippen LogP) is 5.28. The number of nitrogens with zero attached hydrogens (tertiary/aromatic N) is 4. The molecule has 4 aromatic rings. The van der Waals surface area contributed by atoms with Crippen molar-refractivity contribution in [3.63, 3.8) is 0 Å². The highest BCUT2D eigenvalue weighted by Crippen LogP contribution is 2.52. The highest BCUT2D eigenvalue weighted by atomic mass is 35.5. The molecule has 0 bridgehead atoms. The van der Waals surface area contributed by atoms with E-state index in [1.807, 2.05) is 0 Å². The average molecular weight is 630 g/mol. The number of nitrogens with two attached hydrogens (primary N) is 1. The standard InChI is InChI=1S/C23H23Cl2N5O8P2/c24-15-3-1-5-17(8-15)37-39(31,32)35-11-14-7-21(30-13-28-20-10-27-23(26)29-22(20)30)19(14)12-36-40(33,34)38-18-6-2-4-16(25)9-18/h1-6,8-10,13-14,19,21H,7,11-12H2,(H,31,32)(H,33,34)(H2,26,27,29)/t14-,19+,21-/m1/s1. The first-order valence-corrected chi connectivity index (χ1v) is 15.5. The van der Waals surface area contributed by atoms with Crippen LogP contribution in [0.1, 0.15) is 12.5 Å². The molecule has 212 valence electrons. The van der Waals surface area contributed by atoms with Crippen LogP contribution in [0.25, 0.3) is 11.2 Å². The Morgan fingerprint density at radius 1 is 0.950 bits per heavy atom. The van der Waals surface area contributed by atoms with Gasteiger partial charge in [-0.2, -0.15) is 4.98 Å². The molecular formula is C23H23Cl2N5O8P2. The predicted molar refractivity (Wildman–Crippen MR) is 146 cm³/mol. The lowest BCUT2D eigenvalue weighted by molar-refractivity contribution is -0.00444. The Bertz CT molecular complexity index is 1630. The smallest absolute Gasteiger partial charge is 0.404 e. The molecule has 4 N–H and O–H groups in total. The minimum absolute atomic E-state index is 0.0513. The van der Waals surface area contributed by atoms with Gasteiger partial charge in [0.1, 0.15) is 17.0 Å². The fourth-order valence-electron chi connectivity index (χ4n) is 4.36. The normalized spacial score (nSPS) is 21.8. The van der Waals surface area contributed by atoms with E-state index in [1.165, 1.54) is 30.5 Å². The molecule has 1 aliphatic carbocycles. The summed E-state index contributed by atoms with van der Waals surface area (Å²) in [5.74, 6) is -0.698. The molecule has 17 heteroatoms. The van der Waals surface area contributed by atoms with Gasteiger partial charge in [0.25, 0.3) is 0 Å². The van der Waals surface area contributed by atoms with E-state index in [9.17, 15) is 18.9 Å². The van der Waals surface area contributed by atoms with Crippen molar-refractivity contribution >= 4 is 56.0 Å².